The lowest BCUT2D eigenvalue weighted by molar-refractivity contribution is 0.0732. The van der Waals surface area contributed by atoms with Gasteiger partial charge in [0, 0.05) is 23.7 Å². The average Bonchev–Trinajstić information content (AvgIpc) is 3.54. The highest BCUT2D eigenvalue weighted by Gasteiger charge is 2.28. The number of carbonyl (C=O) groups is 2. The topological polar surface area (TPSA) is 138 Å². The van der Waals surface area contributed by atoms with Crippen LogP contribution in [0.1, 0.15) is 39.2 Å². The van der Waals surface area contributed by atoms with Crippen molar-refractivity contribution in [2.75, 3.05) is 13.7 Å². The summed E-state index contributed by atoms with van der Waals surface area (Å²) in [5.74, 6) is 1.01. The lowest BCUT2D eigenvalue weighted by Gasteiger charge is -2.27. The molecular formula is C25H25N7O4. The summed E-state index contributed by atoms with van der Waals surface area (Å²) in [5, 5.41) is 20.7. The summed E-state index contributed by atoms with van der Waals surface area (Å²) in [6.45, 7) is 0.842. The Hall–Kier alpha value is -4.41. The summed E-state index contributed by atoms with van der Waals surface area (Å²) in [7, 11) is 1.66. The molecule has 1 aliphatic carbocycles. The second-order valence-corrected chi connectivity index (χ2v) is 9.10. The Bertz CT molecular complexity index is 1460. The second kappa shape index (κ2) is 8.99. The number of rotatable bonds is 4. The van der Waals surface area contributed by atoms with E-state index in [4.69, 9.17) is 9.47 Å². The zero-order chi connectivity index (χ0) is 24.6. The molecule has 6 rings (SSSR count). The monoisotopic (exact) mass is 487 g/mol. The molecule has 1 unspecified atom stereocenters. The molecule has 2 aromatic carbocycles. The number of hydrogen-bond acceptors (Lipinski definition) is 7. The quantitative estimate of drug-likeness (QED) is 0.402. The average molecular weight is 488 g/mol. The van der Waals surface area contributed by atoms with Crippen molar-refractivity contribution in [3.63, 3.8) is 0 Å². The lowest BCUT2D eigenvalue weighted by Crippen LogP contribution is -2.40. The van der Waals surface area contributed by atoms with Gasteiger partial charge in [0.1, 0.15) is 16.8 Å². The Morgan fingerprint density at radius 3 is 2.83 bits per heavy atom. The Balaban J connectivity index is 1.08. The Morgan fingerprint density at radius 1 is 1.06 bits per heavy atom. The number of nitrogens with zero attached hydrogens (tertiary/aromatic N) is 4. The number of methoxy groups -OCH3 is 1. The van der Waals surface area contributed by atoms with E-state index >= 15 is 0 Å². The summed E-state index contributed by atoms with van der Waals surface area (Å²) in [6.07, 6.45) is 2.44. The highest BCUT2D eigenvalue weighted by Crippen LogP contribution is 2.28. The zero-order valence-electron chi connectivity index (χ0n) is 19.7. The van der Waals surface area contributed by atoms with Crippen LogP contribution >= 0.6 is 0 Å². The number of aromatic amines is 2. The molecule has 1 atom stereocenters. The number of ether oxygens (including phenoxy) is 2. The fourth-order valence-corrected chi connectivity index (χ4v) is 4.97. The van der Waals surface area contributed by atoms with Gasteiger partial charge >= 0.3 is 6.09 Å². The van der Waals surface area contributed by atoms with Crippen molar-refractivity contribution in [2.24, 2.45) is 0 Å². The number of benzene rings is 2. The second-order valence-electron chi connectivity index (χ2n) is 9.10. The van der Waals surface area contributed by atoms with E-state index in [1.165, 1.54) is 11.1 Å². The van der Waals surface area contributed by atoms with E-state index in [2.05, 4.69) is 37.0 Å². The molecule has 0 saturated heterocycles. The van der Waals surface area contributed by atoms with Crippen molar-refractivity contribution < 1.29 is 19.1 Å². The van der Waals surface area contributed by atoms with Gasteiger partial charge in [-0.3, -0.25) is 9.89 Å². The van der Waals surface area contributed by atoms with Crippen LogP contribution in [0.25, 0.3) is 11.0 Å². The molecule has 184 valence electrons. The molecule has 0 spiro atoms. The molecule has 36 heavy (non-hydrogen) atoms. The van der Waals surface area contributed by atoms with Gasteiger partial charge in [-0.05, 0) is 67.1 Å². The first-order valence-corrected chi connectivity index (χ1v) is 11.9. The largest absolute Gasteiger partial charge is 0.497 e. The number of carbonyl (C=O) groups excluding carboxylic acids is 2. The van der Waals surface area contributed by atoms with Crippen molar-refractivity contribution in [3.8, 4) is 11.6 Å². The number of aromatic nitrogens is 5. The number of nitrogens with one attached hydrogen (secondary N) is 3. The Kier molecular flexibility index (Phi) is 5.51. The van der Waals surface area contributed by atoms with Crippen LogP contribution in [0.5, 0.6) is 11.6 Å². The number of hydrogen-bond donors (Lipinski definition) is 3. The van der Waals surface area contributed by atoms with Crippen LogP contribution in [0.2, 0.25) is 0 Å². The van der Waals surface area contributed by atoms with Gasteiger partial charge in [-0.2, -0.15) is 15.4 Å². The number of aryl methyl sites for hydroxylation is 1. The summed E-state index contributed by atoms with van der Waals surface area (Å²) < 4.78 is 10.9. The Labute approximate surface area is 206 Å². The van der Waals surface area contributed by atoms with Crippen LogP contribution in [0, 0.1) is 0 Å². The zero-order valence-corrected chi connectivity index (χ0v) is 19.7. The first kappa shape index (κ1) is 22.1. The molecule has 3 N–H and O–H groups in total. The summed E-state index contributed by atoms with van der Waals surface area (Å²) >= 11 is 0. The standard InChI is InChI=1S/C25H25N7O4/c1-35-18-6-3-14-10-17(5-2-15(14)11-18)26-25(34)36-23-19-8-9-32(13-22(19)27-30-23)24(33)16-4-7-20-21(12-16)29-31-28-20/h3-4,6-7,11-12,17H,2,5,8-10,13H2,1H3,(H,26,34)(H,27,30)(H,28,29,31). The van der Waals surface area contributed by atoms with Crippen LogP contribution < -0.4 is 14.8 Å². The third kappa shape index (κ3) is 4.12. The van der Waals surface area contributed by atoms with Crippen molar-refractivity contribution in [3.05, 3.63) is 64.3 Å². The molecule has 0 fully saturated rings. The van der Waals surface area contributed by atoms with Crippen LogP contribution in [0.3, 0.4) is 0 Å². The highest BCUT2D eigenvalue weighted by atomic mass is 16.6. The first-order chi connectivity index (χ1) is 17.6. The van der Waals surface area contributed by atoms with Crippen molar-refractivity contribution >= 4 is 23.0 Å². The molecule has 11 heteroatoms. The molecule has 0 radical (unpaired) electrons. The smallest absolute Gasteiger partial charge is 0.414 e. The molecule has 2 amide bonds. The van der Waals surface area contributed by atoms with Crippen LogP contribution in [0.15, 0.2) is 36.4 Å². The summed E-state index contributed by atoms with van der Waals surface area (Å²) in [6, 6.07) is 11.3. The van der Waals surface area contributed by atoms with E-state index < -0.39 is 6.09 Å². The third-order valence-electron chi connectivity index (χ3n) is 6.90. The highest BCUT2D eigenvalue weighted by molar-refractivity contribution is 5.97. The Morgan fingerprint density at radius 2 is 1.94 bits per heavy atom. The van der Waals surface area contributed by atoms with E-state index in [0.29, 0.717) is 36.1 Å². The van der Waals surface area contributed by atoms with E-state index in [1.54, 1.807) is 30.2 Å². The molecule has 2 aliphatic rings. The minimum atomic E-state index is -0.523. The van der Waals surface area contributed by atoms with Crippen LogP contribution in [-0.4, -0.2) is 62.2 Å². The van der Waals surface area contributed by atoms with Gasteiger partial charge in [-0.15, -0.1) is 5.10 Å². The van der Waals surface area contributed by atoms with Crippen molar-refractivity contribution in [1.29, 1.82) is 0 Å². The molecule has 0 saturated carbocycles. The fourth-order valence-electron chi connectivity index (χ4n) is 4.97. The van der Waals surface area contributed by atoms with Gasteiger partial charge in [0.25, 0.3) is 5.91 Å². The van der Waals surface area contributed by atoms with Gasteiger partial charge in [-0.25, -0.2) is 4.79 Å². The molecule has 11 nitrogen and oxygen atoms in total. The SMILES string of the molecule is COc1ccc2c(c1)CCC(NC(=O)Oc1n[nH]c3c1CCN(C(=O)c1ccc4n[nH]nc4c1)C3)C2. The van der Waals surface area contributed by atoms with E-state index in [0.717, 1.165) is 36.3 Å². The van der Waals surface area contributed by atoms with Gasteiger partial charge in [0.2, 0.25) is 5.88 Å². The van der Waals surface area contributed by atoms with E-state index in [1.807, 2.05) is 12.1 Å². The van der Waals surface area contributed by atoms with Gasteiger partial charge < -0.3 is 19.7 Å². The molecular weight excluding hydrogens is 462 g/mol. The van der Waals surface area contributed by atoms with Crippen molar-refractivity contribution in [1.82, 2.24) is 35.8 Å². The lowest BCUT2D eigenvalue weighted by atomic mass is 9.88. The molecule has 4 aromatic rings. The number of amides is 2. The predicted molar refractivity (Wildman–Crippen MR) is 129 cm³/mol. The molecule has 2 aromatic heterocycles. The minimum absolute atomic E-state index is 0.0108. The van der Waals surface area contributed by atoms with Crippen LogP contribution in [0.4, 0.5) is 4.79 Å². The maximum atomic E-state index is 13.0. The van der Waals surface area contributed by atoms with Gasteiger partial charge in [-0.1, -0.05) is 6.07 Å². The van der Waals surface area contributed by atoms with Gasteiger partial charge in [0.15, 0.2) is 0 Å². The molecule has 1 aliphatic heterocycles. The van der Waals surface area contributed by atoms with E-state index in [9.17, 15) is 9.59 Å². The normalized spacial score (nSPS) is 16.8. The van der Waals surface area contributed by atoms with Gasteiger partial charge in [0.05, 0.1) is 19.3 Å². The number of H-pyrrole nitrogens is 2. The number of fused-ring (bicyclic) bond motifs is 3. The van der Waals surface area contributed by atoms with Crippen LogP contribution in [-0.2, 0) is 25.8 Å². The molecule has 0 bridgehead atoms. The molecule has 3 heterocycles. The van der Waals surface area contributed by atoms with E-state index in [-0.39, 0.29) is 17.8 Å². The maximum Gasteiger partial charge on any atom is 0.414 e. The fraction of sp³-hybridized carbons (Fsp3) is 0.320. The maximum absolute atomic E-state index is 13.0. The third-order valence-corrected chi connectivity index (χ3v) is 6.90. The predicted octanol–water partition coefficient (Wildman–Crippen LogP) is 2.53. The summed E-state index contributed by atoms with van der Waals surface area (Å²) in [5.41, 5.74) is 5.94. The minimum Gasteiger partial charge on any atom is -0.497 e. The van der Waals surface area contributed by atoms with Crippen molar-refractivity contribution in [2.45, 2.75) is 38.3 Å². The summed E-state index contributed by atoms with van der Waals surface area (Å²) in [4.78, 5) is 27.4. The first-order valence-electron chi connectivity index (χ1n) is 11.9.